The van der Waals surface area contributed by atoms with Gasteiger partial charge >= 0.3 is 0 Å². The summed E-state index contributed by atoms with van der Waals surface area (Å²) in [6.45, 7) is -0.122. The molecule has 0 atom stereocenters. The molecule has 0 aromatic heterocycles. The first-order valence-electron chi connectivity index (χ1n) is 2.15. The standard InChI is InChI=1S/C4H8Br2O2/c5-1-4(6,2-7)3-8/h7-8H,1-3H2. The predicted octanol–water partition coefficient (Wildman–Crippen LogP) is 0.500. The zero-order valence-corrected chi connectivity index (χ0v) is 7.44. The van der Waals surface area contributed by atoms with Crippen LogP contribution in [0, 0.1) is 0 Å². The van der Waals surface area contributed by atoms with Crippen LogP contribution in [0.15, 0.2) is 0 Å². The fraction of sp³-hybridized carbons (Fsp3) is 1.00. The Morgan fingerprint density at radius 1 is 1.25 bits per heavy atom. The van der Waals surface area contributed by atoms with Gasteiger partial charge in [0.2, 0.25) is 0 Å². The lowest BCUT2D eigenvalue weighted by molar-refractivity contribution is 0.189. The Hall–Kier alpha value is 0.880. The number of aliphatic hydroxyl groups excluding tert-OH is 2. The minimum absolute atomic E-state index is 0.0608. The van der Waals surface area contributed by atoms with E-state index < -0.39 is 4.32 Å². The molecule has 0 spiro atoms. The molecule has 0 aromatic carbocycles. The lowest BCUT2D eigenvalue weighted by Gasteiger charge is -2.17. The summed E-state index contributed by atoms with van der Waals surface area (Å²) >= 11 is 6.26. The van der Waals surface area contributed by atoms with Gasteiger partial charge in [-0.2, -0.15) is 0 Å². The van der Waals surface area contributed by atoms with Crippen LogP contribution in [0.5, 0.6) is 0 Å². The van der Waals surface area contributed by atoms with E-state index in [4.69, 9.17) is 10.2 Å². The molecule has 0 heterocycles. The summed E-state index contributed by atoms with van der Waals surface area (Å²) in [7, 11) is 0. The Bertz CT molecular complexity index is 54.8. The van der Waals surface area contributed by atoms with Crippen molar-refractivity contribution in [2.24, 2.45) is 0 Å². The minimum atomic E-state index is -0.535. The second-order valence-electron chi connectivity index (χ2n) is 1.60. The smallest absolute Gasteiger partial charge is 0.0814 e. The van der Waals surface area contributed by atoms with Gasteiger partial charge in [-0.3, -0.25) is 0 Å². The topological polar surface area (TPSA) is 40.5 Å². The van der Waals surface area contributed by atoms with E-state index in [9.17, 15) is 0 Å². The summed E-state index contributed by atoms with van der Waals surface area (Å²) in [6.07, 6.45) is 0. The van der Waals surface area contributed by atoms with Crippen molar-refractivity contribution < 1.29 is 10.2 Å². The van der Waals surface area contributed by atoms with Gasteiger partial charge in [-0.1, -0.05) is 31.9 Å². The first-order valence-corrected chi connectivity index (χ1v) is 4.06. The Morgan fingerprint density at radius 3 is 1.62 bits per heavy atom. The highest BCUT2D eigenvalue weighted by Gasteiger charge is 2.22. The second kappa shape index (κ2) is 3.82. The van der Waals surface area contributed by atoms with Gasteiger partial charge < -0.3 is 10.2 Å². The van der Waals surface area contributed by atoms with Gasteiger partial charge in [-0.25, -0.2) is 0 Å². The van der Waals surface area contributed by atoms with Crippen molar-refractivity contribution in [3.63, 3.8) is 0 Å². The van der Waals surface area contributed by atoms with Crippen molar-refractivity contribution in [1.82, 2.24) is 0 Å². The number of hydrogen-bond acceptors (Lipinski definition) is 2. The van der Waals surface area contributed by atoms with E-state index in [2.05, 4.69) is 31.9 Å². The molecule has 50 valence electrons. The fourth-order valence-corrected chi connectivity index (χ4v) is 0.489. The van der Waals surface area contributed by atoms with Crippen LogP contribution in [0.4, 0.5) is 0 Å². The van der Waals surface area contributed by atoms with E-state index >= 15 is 0 Å². The lowest BCUT2D eigenvalue weighted by atomic mass is 10.2. The van der Waals surface area contributed by atoms with Crippen molar-refractivity contribution in [1.29, 1.82) is 0 Å². The van der Waals surface area contributed by atoms with E-state index in [1.165, 1.54) is 0 Å². The van der Waals surface area contributed by atoms with Crippen LogP contribution in [-0.4, -0.2) is 33.1 Å². The molecule has 0 amide bonds. The largest absolute Gasteiger partial charge is 0.395 e. The highest BCUT2D eigenvalue weighted by molar-refractivity contribution is 9.12. The maximum absolute atomic E-state index is 8.55. The highest BCUT2D eigenvalue weighted by atomic mass is 79.9. The summed E-state index contributed by atoms with van der Waals surface area (Å²) in [5.74, 6) is 0. The van der Waals surface area contributed by atoms with Crippen molar-refractivity contribution in [2.45, 2.75) is 4.32 Å². The molecular weight excluding hydrogens is 240 g/mol. The molecule has 2 N–H and O–H groups in total. The number of aliphatic hydroxyl groups is 2. The molecule has 0 aromatic rings. The van der Waals surface area contributed by atoms with Gasteiger partial charge in [0.05, 0.1) is 17.5 Å². The number of hydrogen-bond donors (Lipinski definition) is 2. The molecule has 0 saturated carbocycles. The highest BCUT2D eigenvalue weighted by Crippen LogP contribution is 2.18. The van der Waals surface area contributed by atoms with Crippen LogP contribution in [-0.2, 0) is 0 Å². The molecule has 0 aliphatic rings. The summed E-state index contributed by atoms with van der Waals surface area (Å²) in [5, 5.41) is 17.6. The first-order chi connectivity index (χ1) is 3.68. The number of alkyl halides is 2. The predicted molar refractivity (Wildman–Crippen MR) is 39.6 cm³/mol. The molecule has 0 bridgehead atoms. The number of halogens is 2. The number of rotatable bonds is 3. The monoisotopic (exact) mass is 246 g/mol. The Labute approximate surface area is 65.2 Å². The fourth-order valence-electron chi connectivity index (χ4n) is 0.135. The molecule has 0 fully saturated rings. The molecule has 4 heteroatoms. The van der Waals surface area contributed by atoms with E-state index in [0.29, 0.717) is 5.33 Å². The van der Waals surface area contributed by atoms with Crippen LogP contribution in [0.25, 0.3) is 0 Å². The average molecular weight is 248 g/mol. The molecule has 0 rings (SSSR count). The van der Waals surface area contributed by atoms with Crippen LogP contribution in [0.3, 0.4) is 0 Å². The Kier molecular flexibility index (Phi) is 4.24. The first kappa shape index (κ1) is 8.88. The molecule has 0 unspecified atom stereocenters. The molecular formula is C4H8Br2O2. The Balaban J connectivity index is 3.58. The van der Waals surface area contributed by atoms with Gasteiger partial charge in [0.1, 0.15) is 0 Å². The average Bonchev–Trinajstić information content (AvgIpc) is 1.87. The second-order valence-corrected chi connectivity index (χ2v) is 3.84. The lowest BCUT2D eigenvalue weighted by Crippen LogP contribution is -2.31. The molecule has 8 heavy (non-hydrogen) atoms. The maximum Gasteiger partial charge on any atom is 0.0814 e. The van der Waals surface area contributed by atoms with Crippen LogP contribution in [0.1, 0.15) is 0 Å². The third kappa shape index (κ3) is 2.44. The minimum Gasteiger partial charge on any atom is -0.395 e. The molecule has 0 aliphatic carbocycles. The molecule has 0 radical (unpaired) electrons. The van der Waals surface area contributed by atoms with Crippen LogP contribution < -0.4 is 0 Å². The zero-order valence-electron chi connectivity index (χ0n) is 4.27. The van der Waals surface area contributed by atoms with Gasteiger partial charge in [-0.05, 0) is 0 Å². The van der Waals surface area contributed by atoms with Gasteiger partial charge in [0.15, 0.2) is 0 Å². The molecule has 2 nitrogen and oxygen atoms in total. The summed E-state index contributed by atoms with van der Waals surface area (Å²) in [4.78, 5) is 0. The quantitative estimate of drug-likeness (QED) is 0.714. The van der Waals surface area contributed by atoms with Crippen molar-refractivity contribution in [2.75, 3.05) is 18.5 Å². The Morgan fingerprint density at radius 2 is 1.62 bits per heavy atom. The van der Waals surface area contributed by atoms with Gasteiger partial charge in [0.25, 0.3) is 0 Å². The van der Waals surface area contributed by atoms with Crippen molar-refractivity contribution in [3.05, 3.63) is 0 Å². The normalized spacial score (nSPS) is 12.0. The van der Waals surface area contributed by atoms with E-state index in [1.54, 1.807) is 0 Å². The van der Waals surface area contributed by atoms with Crippen LogP contribution >= 0.6 is 31.9 Å². The zero-order chi connectivity index (χ0) is 6.62. The van der Waals surface area contributed by atoms with Crippen LogP contribution in [0.2, 0.25) is 0 Å². The third-order valence-electron chi connectivity index (χ3n) is 0.806. The maximum atomic E-state index is 8.55. The van der Waals surface area contributed by atoms with Gasteiger partial charge in [-0.15, -0.1) is 0 Å². The van der Waals surface area contributed by atoms with E-state index in [-0.39, 0.29) is 13.2 Å². The van der Waals surface area contributed by atoms with Crippen molar-refractivity contribution >= 4 is 31.9 Å². The summed E-state index contributed by atoms with van der Waals surface area (Å²) < 4.78 is -0.535. The van der Waals surface area contributed by atoms with E-state index in [0.717, 1.165) is 0 Å². The summed E-state index contributed by atoms with van der Waals surface area (Å²) in [5.41, 5.74) is 0. The SMILES string of the molecule is OCC(Br)(CO)CBr. The molecule has 0 aliphatic heterocycles. The van der Waals surface area contributed by atoms with E-state index in [1.807, 2.05) is 0 Å². The summed E-state index contributed by atoms with van der Waals surface area (Å²) in [6, 6.07) is 0. The van der Waals surface area contributed by atoms with Crippen molar-refractivity contribution in [3.8, 4) is 0 Å². The third-order valence-corrected chi connectivity index (χ3v) is 3.41. The van der Waals surface area contributed by atoms with Gasteiger partial charge in [0, 0.05) is 5.33 Å². The molecule has 0 saturated heterocycles.